The summed E-state index contributed by atoms with van der Waals surface area (Å²) < 4.78 is 0. The maximum absolute atomic E-state index is 12.1. The summed E-state index contributed by atoms with van der Waals surface area (Å²) in [5, 5.41) is 15.7. The molecule has 1 heterocycles. The third kappa shape index (κ3) is 3.67. The van der Waals surface area contributed by atoms with Gasteiger partial charge in [0.05, 0.1) is 5.52 Å². The van der Waals surface area contributed by atoms with Crippen LogP contribution in [0.15, 0.2) is 54.9 Å². The van der Waals surface area contributed by atoms with E-state index in [2.05, 4.69) is 20.6 Å². The van der Waals surface area contributed by atoms with E-state index in [1.54, 1.807) is 12.1 Å². The number of nitrogens with zero attached hydrogens (tertiary/aromatic N) is 2. The zero-order valence-electron chi connectivity index (χ0n) is 13.1. The van der Waals surface area contributed by atoms with E-state index < -0.39 is 0 Å². The normalized spacial score (nSPS) is 10.5. The lowest BCUT2D eigenvalue weighted by molar-refractivity contribution is 0.0951. The van der Waals surface area contributed by atoms with Gasteiger partial charge in [-0.15, -0.1) is 0 Å². The summed E-state index contributed by atoms with van der Waals surface area (Å²) in [6.45, 7) is 0.506. The van der Waals surface area contributed by atoms with E-state index in [0.717, 1.165) is 16.6 Å². The number of aromatic nitrogens is 2. The molecular formula is C18H18N4O2. The lowest BCUT2D eigenvalue weighted by atomic mass is 10.1. The van der Waals surface area contributed by atoms with Crippen molar-refractivity contribution in [3.05, 3.63) is 60.4 Å². The van der Waals surface area contributed by atoms with E-state index in [0.29, 0.717) is 24.3 Å². The van der Waals surface area contributed by atoms with Crippen LogP contribution in [0.1, 0.15) is 16.8 Å². The van der Waals surface area contributed by atoms with Crippen LogP contribution >= 0.6 is 0 Å². The number of nitrogens with one attached hydrogen (secondary N) is 2. The summed E-state index contributed by atoms with van der Waals surface area (Å²) >= 11 is 0. The van der Waals surface area contributed by atoms with Crippen molar-refractivity contribution >= 4 is 28.3 Å². The van der Waals surface area contributed by atoms with E-state index in [9.17, 15) is 4.79 Å². The van der Waals surface area contributed by atoms with Crippen molar-refractivity contribution in [2.75, 3.05) is 18.5 Å². The minimum atomic E-state index is -0.167. The van der Waals surface area contributed by atoms with Gasteiger partial charge in [0.25, 0.3) is 5.91 Å². The number of carbonyl (C=O) groups excluding carboxylic acids is 1. The smallest absolute Gasteiger partial charge is 0.251 e. The fourth-order valence-electron chi connectivity index (χ4n) is 2.36. The molecule has 6 nitrogen and oxygen atoms in total. The number of aliphatic hydroxyl groups is 1. The van der Waals surface area contributed by atoms with Gasteiger partial charge in [-0.2, -0.15) is 0 Å². The molecule has 0 aliphatic rings. The van der Waals surface area contributed by atoms with Gasteiger partial charge in [-0.05, 0) is 36.8 Å². The van der Waals surface area contributed by atoms with Crippen LogP contribution in [0.3, 0.4) is 0 Å². The molecule has 3 N–H and O–H groups in total. The number of carbonyl (C=O) groups is 1. The first-order valence-corrected chi connectivity index (χ1v) is 7.74. The summed E-state index contributed by atoms with van der Waals surface area (Å²) in [4.78, 5) is 20.6. The highest BCUT2D eigenvalue weighted by atomic mass is 16.3. The maximum Gasteiger partial charge on any atom is 0.251 e. The van der Waals surface area contributed by atoms with E-state index in [1.165, 1.54) is 6.33 Å². The van der Waals surface area contributed by atoms with Crippen LogP contribution in [0.25, 0.3) is 10.9 Å². The largest absolute Gasteiger partial charge is 0.396 e. The van der Waals surface area contributed by atoms with E-state index in [-0.39, 0.29) is 12.5 Å². The molecule has 0 aliphatic heterocycles. The number of anilines is 2. The maximum atomic E-state index is 12.1. The van der Waals surface area contributed by atoms with Crippen LogP contribution < -0.4 is 10.6 Å². The topological polar surface area (TPSA) is 87.1 Å². The molecule has 0 unspecified atom stereocenters. The second-order valence-electron chi connectivity index (χ2n) is 5.28. The van der Waals surface area contributed by atoms with Crippen LogP contribution in [-0.4, -0.2) is 34.1 Å². The Morgan fingerprint density at radius 2 is 1.96 bits per heavy atom. The van der Waals surface area contributed by atoms with Crippen molar-refractivity contribution in [1.29, 1.82) is 0 Å². The quantitative estimate of drug-likeness (QED) is 0.607. The summed E-state index contributed by atoms with van der Waals surface area (Å²) in [5.41, 5.74) is 2.18. The van der Waals surface area contributed by atoms with Crippen molar-refractivity contribution < 1.29 is 9.90 Å². The van der Waals surface area contributed by atoms with Gasteiger partial charge in [0, 0.05) is 29.8 Å². The SMILES string of the molecule is O=C(NCCCO)c1cccc(Nc2ncnc3ccccc23)c1. The van der Waals surface area contributed by atoms with Crippen LogP contribution in [-0.2, 0) is 0 Å². The predicted molar refractivity (Wildman–Crippen MR) is 93.3 cm³/mol. The Bertz CT molecular complexity index is 846. The molecule has 0 radical (unpaired) electrons. The molecule has 24 heavy (non-hydrogen) atoms. The fourth-order valence-corrected chi connectivity index (χ4v) is 2.36. The monoisotopic (exact) mass is 322 g/mol. The third-order valence-corrected chi connectivity index (χ3v) is 3.55. The molecule has 1 aromatic heterocycles. The van der Waals surface area contributed by atoms with Crippen LogP contribution in [0, 0.1) is 0 Å². The minimum absolute atomic E-state index is 0.0582. The lowest BCUT2D eigenvalue weighted by Gasteiger charge is -2.10. The summed E-state index contributed by atoms with van der Waals surface area (Å²) in [6, 6.07) is 14.9. The summed E-state index contributed by atoms with van der Waals surface area (Å²) in [6.07, 6.45) is 2.05. The number of hydrogen-bond acceptors (Lipinski definition) is 5. The summed E-state index contributed by atoms with van der Waals surface area (Å²) in [5.74, 6) is 0.526. The van der Waals surface area contributed by atoms with Crippen molar-refractivity contribution in [2.45, 2.75) is 6.42 Å². The molecule has 0 spiro atoms. The first-order valence-electron chi connectivity index (χ1n) is 7.74. The van der Waals surface area contributed by atoms with Crippen LogP contribution in [0.5, 0.6) is 0 Å². The summed E-state index contributed by atoms with van der Waals surface area (Å²) in [7, 11) is 0. The zero-order chi connectivity index (χ0) is 16.8. The number of fused-ring (bicyclic) bond motifs is 1. The second-order valence-corrected chi connectivity index (χ2v) is 5.28. The van der Waals surface area contributed by atoms with Gasteiger partial charge in [-0.25, -0.2) is 9.97 Å². The first-order chi connectivity index (χ1) is 11.8. The number of amides is 1. The number of para-hydroxylation sites is 1. The van der Waals surface area contributed by atoms with E-state index in [1.807, 2.05) is 36.4 Å². The second kappa shape index (κ2) is 7.52. The number of hydrogen-bond donors (Lipinski definition) is 3. The Labute approximate surface area is 139 Å². The number of benzene rings is 2. The average molecular weight is 322 g/mol. The molecule has 0 fully saturated rings. The lowest BCUT2D eigenvalue weighted by Crippen LogP contribution is -2.25. The van der Waals surface area contributed by atoms with Crippen molar-refractivity contribution in [3.8, 4) is 0 Å². The molecule has 1 amide bonds. The van der Waals surface area contributed by atoms with Crippen molar-refractivity contribution in [3.63, 3.8) is 0 Å². The molecule has 0 saturated carbocycles. The van der Waals surface area contributed by atoms with E-state index >= 15 is 0 Å². The van der Waals surface area contributed by atoms with Crippen molar-refractivity contribution in [2.24, 2.45) is 0 Å². The Morgan fingerprint density at radius 1 is 1.08 bits per heavy atom. The average Bonchev–Trinajstić information content (AvgIpc) is 2.62. The number of aliphatic hydroxyl groups excluding tert-OH is 1. The Balaban J connectivity index is 1.80. The standard InChI is InChI=1S/C18H18N4O2/c23-10-4-9-19-18(24)13-5-3-6-14(11-13)22-17-15-7-1-2-8-16(15)20-12-21-17/h1-3,5-8,11-12,23H,4,9-10H2,(H,19,24)(H,20,21,22). The first kappa shape index (κ1) is 15.9. The van der Waals surface area contributed by atoms with Crippen molar-refractivity contribution in [1.82, 2.24) is 15.3 Å². The Kier molecular flexibility index (Phi) is 4.98. The van der Waals surface area contributed by atoms with Gasteiger partial charge in [-0.3, -0.25) is 4.79 Å². The molecule has 2 aromatic carbocycles. The molecule has 3 aromatic rings. The molecule has 0 aliphatic carbocycles. The van der Waals surface area contributed by atoms with Gasteiger partial charge in [0.1, 0.15) is 12.1 Å². The molecule has 3 rings (SSSR count). The van der Waals surface area contributed by atoms with Gasteiger partial charge in [0.15, 0.2) is 0 Å². The molecule has 0 bridgehead atoms. The van der Waals surface area contributed by atoms with Gasteiger partial charge in [0.2, 0.25) is 0 Å². The fraction of sp³-hybridized carbons (Fsp3) is 0.167. The van der Waals surface area contributed by atoms with Gasteiger partial charge in [-0.1, -0.05) is 18.2 Å². The molecular weight excluding hydrogens is 304 g/mol. The Morgan fingerprint density at radius 3 is 2.83 bits per heavy atom. The highest BCUT2D eigenvalue weighted by Crippen LogP contribution is 2.23. The molecule has 0 saturated heterocycles. The van der Waals surface area contributed by atoms with Crippen LogP contribution in [0.4, 0.5) is 11.5 Å². The molecule has 0 atom stereocenters. The van der Waals surface area contributed by atoms with Crippen LogP contribution in [0.2, 0.25) is 0 Å². The number of rotatable bonds is 6. The third-order valence-electron chi connectivity index (χ3n) is 3.55. The van der Waals surface area contributed by atoms with Gasteiger partial charge < -0.3 is 15.7 Å². The van der Waals surface area contributed by atoms with E-state index in [4.69, 9.17) is 5.11 Å². The highest BCUT2D eigenvalue weighted by molar-refractivity contribution is 5.96. The highest BCUT2D eigenvalue weighted by Gasteiger charge is 2.07. The minimum Gasteiger partial charge on any atom is -0.396 e. The zero-order valence-corrected chi connectivity index (χ0v) is 13.1. The Hall–Kier alpha value is -2.99. The van der Waals surface area contributed by atoms with Gasteiger partial charge >= 0.3 is 0 Å². The molecule has 122 valence electrons. The molecule has 6 heteroatoms. The predicted octanol–water partition coefficient (Wildman–Crippen LogP) is 2.49.